The van der Waals surface area contributed by atoms with E-state index >= 15 is 0 Å². The largest absolute Gasteiger partial charge is 0.472 e. The molecule has 0 amide bonds. The molecule has 0 bridgehead atoms. The van der Waals surface area contributed by atoms with Gasteiger partial charge in [0.1, 0.15) is 19.3 Å². The Hall–Kier alpha value is -1.94. The van der Waals surface area contributed by atoms with Gasteiger partial charge in [-0.3, -0.25) is 37.3 Å². The Morgan fingerprint density at radius 2 is 0.543 bits per heavy atom. The summed E-state index contributed by atoms with van der Waals surface area (Å²) >= 11 is 0. The fourth-order valence-corrected chi connectivity index (χ4v) is 13.0. The zero-order valence-corrected chi connectivity index (χ0v) is 63.1. The lowest BCUT2D eigenvalue weighted by Gasteiger charge is -2.21. The molecule has 0 spiro atoms. The zero-order chi connectivity index (χ0) is 69.3. The Balaban J connectivity index is 5.22. The van der Waals surface area contributed by atoms with Crippen LogP contribution in [-0.4, -0.2) is 96.7 Å². The van der Waals surface area contributed by atoms with Crippen LogP contribution in [0.25, 0.3) is 0 Å². The molecule has 0 aromatic heterocycles. The smallest absolute Gasteiger partial charge is 0.462 e. The molecule has 0 aromatic rings. The summed E-state index contributed by atoms with van der Waals surface area (Å²) in [5.74, 6) is -0.520. The molecule has 3 N–H and O–H groups in total. The minimum atomic E-state index is -4.96. The van der Waals surface area contributed by atoms with E-state index in [-0.39, 0.29) is 25.7 Å². The molecule has 0 fully saturated rings. The normalized spacial score (nSPS) is 14.3. The molecule has 0 saturated carbocycles. The molecule has 3 unspecified atom stereocenters. The van der Waals surface area contributed by atoms with E-state index in [9.17, 15) is 43.2 Å². The first kappa shape index (κ1) is 92.1. The number of hydrogen-bond donors (Lipinski definition) is 3. The lowest BCUT2D eigenvalue weighted by atomic mass is 9.99. The van der Waals surface area contributed by atoms with Gasteiger partial charge in [-0.2, -0.15) is 0 Å². The fraction of sp³-hybridized carbons (Fsp3) is 0.947. The summed E-state index contributed by atoms with van der Waals surface area (Å²) in [6.07, 6.45) is 54.0. The van der Waals surface area contributed by atoms with Crippen LogP contribution in [0.1, 0.15) is 388 Å². The van der Waals surface area contributed by atoms with Crippen LogP contribution < -0.4 is 0 Å². The maximum Gasteiger partial charge on any atom is 0.472 e. The number of unbranched alkanes of at least 4 members (excludes halogenated alkanes) is 43. The molecule has 0 aliphatic heterocycles. The lowest BCUT2D eigenvalue weighted by molar-refractivity contribution is -0.161. The van der Waals surface area contributed by atoms with Gasteiger partial charge in [-0.15, -0.1) is 0 Å². The van der Waals surface area contributed by atoms with E-state index in [0.717, 1.165) is 108 Å². The predicted molar refractivity (Wildman–Crippen MR) is 381 cm³/mol. The van der Waals surface area contributed by atoms with Crippen molar-refractivity contribution in [3.8, 4) is 0 Å². The van der Waals surface area contributed by atoms with Crippen LogP contribution in [0.2, 0.25) is 0 Å². The first-order valence-corrected chi connectivity index (χ1v) is 42.0. The molecule has 0 radical (unpaired) electrons. The minimum absolute atomic E-state index is 0.106. The molecule has 17 nitrogen and oxygen atoms in total. The van der Waals surface area contributed by atoms with Crippen LogP contribution in [0.15, 0.2) is 0 Å². The van der Waals surface area contributed by atoms with Crippen LogP contribution in [0.4, 0.5) is 0 Å². The summed E-state index contributed by atoms with van der Waals surface area (Å²) in [5, 5.41) is 10.6. The van der Waals surface area contributed by atoms with Crippen molar-refractivity contribution in [2.75, 3.05) is 39.6 Å². The first-order chi connectivity index (χ1) is 45.4. The average molecular weight is 1380 g/mol. The van der Waals surface area contributed by atoms with E-state index in [1.54, 1.807) is 0 Å². The average Bonchev–Trinajstić information content (AvgIpc) is 2.56. The number of esters is 4. The van der Waals surface area contributed by atoms with Gasteiger partial charge in [0.15, 0.2) is 12.2 Å². The van der Waals surface area contributed by atoms with Crippen molar-refractivity contribution in [2.24, 2.45) is 11.8 Å². The topological polar surface area (TPSA) is 237 Å². The number of hydrogen-bond acceptors (Lipinski definition) is 15. The summed E-state index contributed by atoms with van der Waals surface area (Å²) in [7, 11) is -9.91. The van der Waals surface area contributed by atoms with Crippen LogP contribution in [-0.2, 0) is 65.4 Å². The van der Waals surface area contributed by atoms with E-state index in [0.29, 0.717) is 25.7 Å². The SMILES string of the molecule is CCCCCCCCCCCCCCCCCC(=O)OC[C@H](COP(=O)(O)OC[C@@H](O)COP(=O)(O)OC[C@@H](COC(=O)CCCCCCCCCC)OC(=O)CCCCCCCCCCCCC(C)CC)OC(=O)CCCCCCCCCCCCCCCCC(C)C. The van der Waals surface area contributed by atoms with Crippen molar-refractivity contribution >= 4 is 39.5 Å². The zero-order valence-electron chi connectivity index (χ0n) is 61.3. The number of aliphatic hydroxyl groups excluding tert-OH is 1. The second kappa shape index (κ2) is 66.9. The number of carbonyl (C=O) groups excluding carboxylic acids is 4. The van der Waals surface area contributed by atoms with Gasteiger partial charge in [0.25, 0.3) is 0 Å². The van der Waals surface area contributed by atoms with Crippen molar-refractivity contribution in [1.29, 1.82) is 0 Å². The van der Waals surface area contributed by atoms with Crippen molar-refractivity contribution < 1.29 is 80.2 Å². The maximum atomic E-state index is 13.1. The van der Waals surface area contributed by atoms with Crippen molar-refractivity contribution in [3.63, 3.8) is 0 Å². The summed E-state index contributed by atoms with van der Waals surface area (Å²) in [4.78, 5) is 72.7. The molecular weight excluding hydrogens is 1230 g/mol. The van der Waals surface area contributed by atoms with Crippen molar-refractivity contribution in [3.05, 3.63) is 0 Å². The molecule has 19 heteroatoms. The molecule has 0 rings (SSSR count). The molecule has 6 atom stereocenters. The lowest BCUT2D eigenvalue weighted by Crippen LogP contribution is -2.30. The second-order valence-corrected chi connectivity index (χ2v) is 30.7. The highest BCUT2D eigenvalue weighted by Gasteiger charge is 2.30. The van der Waals surface area contributed by atoms with Gasteiger partial charge < -0.3 is 33.8 Å². The molecule has 0 saturated heterocycles. The molecule has 0 aliphatic carbocycles. The summed E-state index contributed by atoms with van der Waals surface area (Å²) in [5.41, 5.74) is 0. The second-order valence-electron chi connectivity index (χ2n) is 27.8. The predicted octanol–water partition coefficient (Wildman–Crippen LogP) is 21.9. The van der Waals surface area contributed by atoms with E-state index in [1.165, 1.54) is 199 Å². The Morgan fingerprint density at radius 1 is 0.309 bits per heavy atom. The molecular formula is C75H146O17P2. The van der Waals surface area contributed by atoms with Crippen molar-refractivity contribution in [1.82, 2.24) is 0 Å². The maximum absolute atomic E-state index is 13.1. The molecule has 94 heavy (non-hydrogen) atoms. The molecule has 0 heterocycles. The van der Waals surface area contributed by atoms with Gasteiger partial charge in [0.05, 0.1) is 26.4 Å². The molecule has 0 aliphatic rings. The Morgan fingerprint density at radius 3 is 0.809 bits per heavy atom. The van der Waals surface area contributed by atoms with E-state index in [1.807, 2.05) is 0 Å². The highest BCUT2D eigenvalue weighted by Crippen LogP contribution is 2.45. The van der Waals surface area contributed by atoms with Gasteiger partial charge in [-0.1, -0.05) is 337 Å². The van der Waals surface area contributed by atoms with Gasteiger partial charge in [0, 0.05) is 25.7 Å². The minimum Gasteiger partial charge on any atom is -0.462 e. The Kier molecular flexibility index (Phi) is 65.5. The van der Waals surface area contributed by atoms with Gasteiger partial charge in [0.2, 0.25) is 0 Å². The number of ether oxygens (including phenoxy) is 4. The monoisotopic (exact) mass is 1380 g/mol. The summed E-state index contributed by atoms with van der Waals surface area (Å²) < 4.78 is 68.4. The van der Waals surface area contributed by atoms with Crippen LogP contribution >= 0.6 is 15.6 Å². The summed E-state index contributed by atoms with van der Waals surface area (Å²) in [6.45, 7) is 9.61. The third kappa shape index (κ3) is 67.3. The van der Waals surface area contributed by atoms with E-state index in [4.69, 9.17) is 37.0 Å². The van der Waals surface area contributed by atoms with E-state index in [2.05, 4.69) is 41.5 Å². The number of phosphoric acid groups is 2. The number of carbonyl (C=O) groups is 4. The van der Waals surface area contributed by atoms with Gasteiger partial charge >= 0.3 is 39.5 Å². The van der Waals surface area contributed by atoms with E-state index < -0.39 is 97.5 Å². The van der Waals surface area contributed by atoms with Crippen LogP contribution in [0, 0.1) is 11.8 Å². The highest BCUT2D eigenvalue weighted by molar-refractivity contribution is 7.47. The Labute approximate surface area is 575 Å². The van der Waals surface area contributed by atoms with Gasteiger partial charge in [-0.25, -0.2) is 9.13 Å². The highest BCUT2D eigenvalue weighted by atomic mass is 31.2. The van der Waals surface area contributed by atoms with Crippen LogP contribution in [0.5, 0.6) is 0 Å². The van der Waals surface area contributed by atoms with Crippen LogP contribution in [0.3, 0.4) is 0 Å². The summed E-state index contributed by atoms with van der Waals surface area (Å²) in [6, 6.07) is 0. The third-order valence-corrected chi connectivity index (χ3v) is 19.7. The van der Waals surface area contributed by atoms with Crippen molar-refractivity contribution in [2.45, 2.75) is 407 Å². The first-order valence-electron chi connectivity index (χ1n) is 39.0. The third-order valence-electron chi connectivity index (χ3n) is 17.8. The number of aliphatic hydroxyl groups is 1. The number of rotatable bonds is 74. The molecule has 0 aromatic carbocycles. The molecule has 558 valence electrons. The quantitative estimate of drug-likeness (QED) is 0.0222. The fourth-order valence-electron chi connectivity index (χ4n) is 11.4. The Bertz CT molecular complexity index is 1820. The van der Waals surface area contributed by atoms with Gasteiger partial charge in [-0.05, 0) is 37.5 Å². The standard InChI is InChI=1S/C75H146O17P2/c1-7-10-12-14-16-18-19-20-21-25-28-34-40-46-52-58-73(78)86-64-71(92-74(79)59-53-47-41-35-29-26-23-22-24-27-32-37-43-49-55-67(4)5)66-90-94(83,84)88-62-69(76)61-87-93(81,82)89-65-70(63-85-72(77)57-51-45-39-17-15-13-11-8-2)91-75(80)60-54-48-42-36-31-30-33-38-44-50-56-68(6)9-3/h67-71,76H,7-66H2,1-6H3,(H,81,82)(H,83,84)/t68?,69-,70+,71+/m0/s1. The number of phosphoric ester groups is 2.